The van der Waals surface area contributed by atoms with Crippen molar-refractivity contribution >= 4 is 17.6 Å². The van der Waals surface area contributed by atoms with Gasteiger partial charge in [0.05, 0.1) is 19.1 Å². The van der Waals surface area contributed by atoms with Crippen molar-refractivity contribution in [1.82, 2.24) is 0 Å². The first kappa shape index (κ1) is 14.0. The number of para-hydroxylation sites is 1. The first-order valence-electron chi connectivity index (χ1n) is 5.53. The Kier molecular flexibility index (Phi) is 4.31. The number of esters is 1. The molecule has 0 unspecified atom stereocenters. The highest BCUT2D eigenvalue weighted by molar-refractivity contribution is 5.95. The van der Waals surface area contributed by atoms with Crippen LogP contribution < -0.4 is 5.32 Å². The molecule has 0 saturated carbocycles. The van der Waals surface area contributed by atoms with Crippen LogP contribution in [0.25, 0.3) is 0 Å². The van der Waals surface area contributed by atoms with Crippen LogP contribution in [0.15, 0.2) is 24.3 Å². The van der Waals surface area contributed by atoms with Gasteiger partial charge < -0.3 is 15.2 Å². The molecule has 0 aliphatic carbocycles. The van der Waals surface area contributed by atoms with Crippen molar-refractivity contribution in [3.8, 4) is 0 Å². The zero-order valence-electron chi connectivity index (χ0n) is 10.7. The summed E-state index contributed by atoms with van der Waals surface area (Å²) < 4.78 is 4.68. The predicted octanol–water partition coefficient (Wildman–Crippen LogP) is 2.14. The maximum absolute atomic E-state index is 11.6. The van der Waals surface area contributed by atoms with Crippen molar-refractivity contribution in [1.29, 1.82) is 0 Å². The van der Waals surface area contributed by atoms with Gasteiger partial charge in [-0.05, 0) is 26.0 Å². The van der Waals surface area contributed by atoms with E-state index in [4.69, 9.17) is 5.11 Å². The second-order valence-corrected chi connectivity index (χ2v) is 4.62. The standard InChI is InChI=1S/C13H17NO4/c1-13(2,8-11(15)16)14-10-7-5-4-6-9(10)12(17)18-3/h4-7,14H,8H2,1-3H3,(H,15,16). The van der Waals surface area contributed by atoms with Gasteiger partial charge >= 0.3 is 11.9 Å². The van der Waals surface area contributed by atoms with Gasteiger partial charge in [0.25, 0.3) is 0 Å². The maximum Gasteiger partial charge on any atom is 0.339 e. The fourth-order valence-electron chi connectivity index (χ4n) is 1.67. The minimum atomic E-state index is -0.900. The second-order valence-electron chi connectivity index (χ2n) is 4.62. The quantitative estimate of drug-likeness (QED) is 0.784. The zero-order valence-corrected chi connectivity index (χ0v) is 10.7. The Bertz CT molecular complexity index is 454. The number of nitrogens with one attached hydrogen (secondary N) is 1. The van der Waals surface area contributed by atoms with E-state index in [2.05, 4.69) is 10.1 Å². The molecule has 1 aromatic carbocycles. The molecule has 0 saturated heterocycles. The largest absolute Gasteiger partial charge is 0.481 e. The number of anilines is 1. The van der Waals surface area contributed by atoms with E-state index in [-0.39, 0.29) is 6.42 Å². The molecule has 5 nitrogen and oxygen atoms in total. The van der Waals surface area contributed by atoms with E-state index in [9.17, 15) is 9.59 Å². The number of ether oxygens (including phenoxy) is 1. The van der Waals surface area contributed by atoms with Crippen molar-refractivity contribution in [3.63, 3.8) is 0 Å². The van der Waals surface area contributed by atoms with E-state index in [0.717, 1.165) is 0 Å². The summed E-state index contributed by atoms with van der Waals surface area (Å²) in [6.45, 7) is 3.52. The third kappa shape index (κ3) is 3.76. The normalized spacial score (nSPS) is 10.8. The van der Waals surface area contributed by atoms with E-state index in [1.807, 2.05) is 0 Å². The molecule has 0 aliphatic heterocycles. The van der Waals surface area contributed by atoms with E-state index in [0.29, 0.717) is 11.3 Å². The molecule has 98 valence electrons. The highest BCUT2D eigenvalue weighted by atomic mass is 16.5. The molecule has 0 spiro atoms. The summed E-state index contributed by atoms with van der Waals surface area (Å²) in [6.07, 6.45) is -0.0531. The van der Waals surface area contributed by atoms with Crippen LogP contribution in [0.4, 0.5) is 5.69 Å². The van der Waals surface area contributed by atoms with Crippen LogP contribution in [0.5, 0.6) is 0 Å². The van der Waals surface area contributed by atoms with E-state index in [1.54, 1.807) is 38.1 Å². The number of aliphatic carboxylic acids is 1. The third-order valence-electron chi connectivity index (χ3n) is 2.40. The number of methoxy groups -OCH3 is 1. The Labute approximate surface area is 106 Å². The van der Waals surface area contributed by atoms with Crippen molar-refractivity contribution < 1.29 is 19.4 Å². The molecule has 0 aromatic heterocycles. The molecule has 1 aromatic rings. The Morgan fingerprint density at radius 1 is 1.33 bits per heavy atom. The molecule has 0 amide bonds. The Morgan fingerprint density at radius 3 is 2.50 bits per heavy atom. The second kappa shape index (κ2) is 5.53. The monoisotopic (exact) mass is 251 g/mol. The number of rotatable bonds is 5. The smallest absolute Gasteiger partial charge is 0.339 e. The first-order chi connectivity index (χ1) is 8.35. The van der Waals surface area contributed by atoms with Gasteiger partial charge in [0.1, 0.15) is 0 Å². The Morgan fingerprint density at radius 2 is 1.94 bits per heavy atom. The number of carboxylic acid groups (broad SMARTS) is 1. The predicted molar refractivity (Wildman–Crippen MR) is 67.7 cm³/mol. The molecule has 0 fully saturated rings. The Balaban J connectivity index is 2.97. The summed E-state index contributed by atoms with van der Waals surface area (Å²) in [7, 11) is 1.31. The highest BCUT2D eigenvalue weighted by Gasteiger charge is 2.23. The number of carboxylic acids is 1. The van der Waals surface area contributed by atoms with Crippen LogP contribution in [0, 0.1) is 0 Å². The average Bonchev–Trinajstić information content (AvgIpc) is 2.26. The van der Waals surface area contributed by atoms with E-state index < -0.39 is 17.5 Å². The number of hydrogen-bond acceptors (Lipinski definition) is 4. The minimum Gasteiger partial charge on any atom is -0.481 e. The number of carbonyl (C=O) groups is 2. The van der Waals surface area contributed by atoms with E-state index in [1.165, 1.54) is 7.11 Å². The summed E-state index contributed by atoms with van der Waals surface area (Å²) in [5.74, 6) is -1.35. The lowest BCUT2D eigenvalue weighted by atomic mass is 9.99. The van der Waals surface area contributed by atoms with Gasteiger partial charge in [0.15, 0.2) is 0 Å². The topological polar surface area (TPSA) is 75.6 Å². The average molecular weight is 251 g/mol. The van der Waals surface area contributed by atoms with Crippen LogP contribution in [0.3, 0.4) is 0 Å². The van der Waals surface area contributed by atoms with Gasteiger partial charge in [-0.3, -0.25) is 4.79 Å². The van der Waals surface area contributed by atoms with Gasteiger partial charge in [-0.15, -0.1) is 0 Å². The van der Waals surface area contributed by atoms with Crippen molar-refractivity contribution in [2.75, 3.05) is 12.4 Å². The highest BCUT2D eigenvalue weighted by Crippen LogP contribution is 2.22. The van der Waals surface area contributed by atoms with Gasteiger partial charge in [-0.25, -0.2) is 4.79 Å². The maximum atomic E-state index is 11.6. The lowest BCUT2D eigenvalue weighted by Crippen LogP contribution is -2.34. The summed E-state index contributed by atoms with van der Waals surface area (Å²) in [4.78, 5) is 22.3. The minimum absolute atomic E-state index is 0.0531. The van der Waals surface area contributed by atoms with Crippen LogP contribution in [-0.4, -0.2) is 29.7 Å². The molecule has 18 heavy (non-hydrogen) atoms. The number of carbonyl (C=O) groups excluding carboxylic acids is 1. The fourth-order valence-corrected chi connectivity index (χ4v) is 1.67. The molecular formula is C13H17NO4. The summed E-state index contributed by atoms with van der Waals surface area (Å²) >= 11 is 0. The van der Waals surface area contributed by atoms with Crippen molar-refractivity contribution in [3.05, 3.63) is 29.8 Å². The van der Waals surface area contributed by atoms with Crippen LogP contribution >= 0.6 is 0 Å². The van der Waals surface area contributed by atoms with Gasteiger partial charge in [-0.1, -0.05) is 12.1 Å². The van der Waals surface area contributed by atoms with Gasteiger partial charge in [0.2, 0.25) is 0 Å². The van der Waals surface area contributed by atoms with Crippen LogP contribution in [0.2, 0.25) is 0 Å². The number of hydrogen-bond donors (Lipinski definition) is 2. The fraction of sp³-hybridized carbons (Fsp3) is 0.385. The van der Waals surface area contributed by atoms with Gasteiger partial charge in [0, 0.05) is 11.2 Å². The van der Waals surface area contributed by atoms with Gasteiger partial charge in [-0.2, -0.15) is 0 Å². The summed E-state index contributed by atoms with van der Waals surface area (Å²) in [5, 5.41) is 11.9. The molecule has 2 N–H and O–H groups in total. The first-order valence-corrected chi connectivity index (χ1v) is 5.53. The van der Waals surface area contributed by atoms with Crippen molar-refractivity contribution in [2.45, 2.75) is 25.8 Å². The zero-order chi connectivity index (χ0) is 13.8. The van der Waals surface area contributed by atoms with E-state index >= 15 is 0 Å². The molecule has 0 heterocycles. The summed E-state index contributed by atoms with van der Waals surface area (Å²) in [6, 6.07) is 6.84. The summed E-state index contributed by atoms with van der Waals surface area (Å²) in [5.41, 5.74) is 0.296. The Hall–Kier alpha value is -2.04. The van der Waals surface area contributed by atoms with Crippen LogP contribution in [-0.2, 0) is 9.53 Å². The molecule has 0 radical (unpaired) electrons. The number of benzene rings is 1. The third-order valence-corrected chi connectivity index (χ3v) is 2.40. The molecule has 0 bridgehead atoms. The molecule has 0 atom stereocenters. The lowest BCUT2D eigenvalue weighted by molar-refractivity contribution is -0.137. The lowest BCUT2D eigenvalue weighted by Gasteiger charge is -2.26. The molecule has 5 heteroatoms. The SMILES string of the molecule is COC(=O)c1ccccc1NC(C)(C)CC(=O)O. The van der Waals surface area contributed by atoms with Crippen molar-refractivity contribution in [2.24, 2.45) is 0 Å². The molecule has 0 aliphatic rings. The molecular weight excluding hydrogens is 234 g/mol. The van der Waals surface area contributed by atoms with Crippen LogP contribution in [0.1, 0.15) is 30.6 Å². The molecule has 1 rings (SSSR count).